The van der Waals surface area contributed by atoms with Crippen molar-refractivity contribution in [3.05, 3.63) is 18.2 Å². The molecule has 1 amide bonds. The zero-order valence-corrected chi connectivity index (χ0v) is 10.0. The highest BCUT2D eigenvalue weighted by Crippen LogP contribution is 2.35. The molecule has 2 N–H and O–H groups in total. The van der Waals surface area contributed by atoms with Crippen molar-refractivity contribution >= 4 is 5.91 Å². The van der Waals surface area contributed by atoms with Gasteiger partial charge in [-0.05, 0) is 25.7 Å². The lowest BCUT2D eigenvalue weighted by Gasteiger charge is -2.37. The Bertz CT molecular complexity index is 427. The molecule has 2 aliphatic heterocycles. The lowest BCUT2D eigenvalue weighted by atomic mass is 9.98. The molecule has 2 aliphatic rings. The van der Waals surface area contributed by atoms with Crippen molar-refractivity contribution in [3.8, 4) is 0 Å². The van der Waals surface area contributed by atoms with Crippen LogP contribution >= 0.6 is 0 Å². The number of hydrogen-bond donors (Lipinski definition) is 1. The van der Waals surface area contributed by atoms with Crippen molar-refractivity contribution in [1.29, 1.82) is 0 Å². The third kappa shape index (κ3) is 1.65. The van der Waals surface area contributed by atoms with Crippen molar-refractivity contribution < 1.29 is 4.79 Å². The van der Waals surface area contributed by atoms with Gasteiger partial charge in [-0.3, -0.25) is 4.79 Å². The number of carbonyl (C=O) groups is 1. The topological polar surface area (TPSA) is 64.2 Å². The quantitative estimate of drug-likeness (QED) is 0.770. The van der Waals surface area contributed by atoms with Gasteiger partial charge >= 0.3 is 0 Å². The van der Waals surface area contributed by atoms with Gasteiger partial charge in [-0.2, -0.15) is 0 Å². The molecule has 2 fully saturated rings. The van der Waals surface area contributed by atoms with E-state index in [1.807, 2.05) is 18.1 Å². The van der Waals surface area contributed by atoms with E-state index in [9.17, 15) is 4.79 Å². The summed E-state index contributed by atoms with van der Waals surface area (Å²) in [4.78, 5) is 18.6. The molecule has 5 heteroatoms. The molecule has 1 aromatic rings. The Kier molecular flexibility index (Phi) is 2.43. The zero-order chi connectivity index (χ0) is 12.0. The number of nitrogens with two attached hydrogens (primary N) is 1. The first kappa shape index (κ1) is 10.8. The summed E-state index contributed by atoms with van der Waals surface area (Å²) in [5, 5.41) is 0. The number of piperidine rings is 1. The molecule has 3 rings (SSSR count). The van der Waals surface area contributed by atoms with E-state index < -0.39 is 0 Å². The van der Waals surface area contributed by atoms with Gasteiger partial charge in [0.25, 0.3) is 5.91 Å². The Morgan fingerprint density at radius 3 is 2.59 bits per heavy atom. The highest BCUT2D eigenvalue weighted by molar-refractivity contribution is 5.91. The fourth-order valence-corrected chi connectivity index (χ4v) is 3.24. The summed E-state index contributed by atoms with van der Waals surface area (Å²) in [5.74, 6) is 0.606. The molecule has 0 spiro atoms. The molecule has 17 heavy (non-hydrogen) atoms. The Morgan fingerprint density at radius 1 is 1.41 bits per heavy atom. The third-order valence-corrected chi connectivity index (χ3v) is 4.02. The molecule has 5 nitrogen and oxygen atoms in total. The van der Waals surface area contributed by atoms with E-state index in [1.165, 1.54) is 0 Å². The SMILES string of the molecule is Cn1ccnc1C(=O)N1C2CCC1CC(N)C2. The van der Waals surface area contributed by atoms with Crippen LogP contribution in [0.1, 0.15) is 36.3 Å². The highest BCUT2D eigenvalue weighted by atomic mass is 16.2. The van der Waals surface area contributed by atoms with Gasteiger partial charge in [-0.15, -0.1) is 0 Å². The number of carbonyl (C=O) groups excluding carboxylic acids is 1. The van der Waals surface area contributed by atoms with E-state index in [4.69, 9.17) is 5.73 Å². The number of aryl methyl sites for hydroxylation is 1. The van der Waals surface area contributed by atoms with E-state index in [-0.39, 0.29) is 11.9 Å². The molecular formula is C12H18N4O. The second-order valence-electron chi connectivity index (χ2n) is 5.19. The monoisotopic (exact) mass is 234 g/mol. The second kappa shape index (κ2) is 3.84. The predicted molar refractivity (Wildman–Crippen MR) is 63.4 cm³/mol. The second-order valence-corrected chi connectivity index (χ2v) is 5.19. The molecule has 0 radical (unpaired) electrons. The summed E-state index contributed by atoms with van der Waals surface area (Å²) in [6.07, 6.45) is 7.54. The van der Waals surface area contributed by atoms with Crippen LogP contribution in [0.2, 0.25) is 0 Å². The molecule has 0 saturated carbocycles. The van der Waals surface area contributed by atoms with E-state index in [1.54, 1.807) is 10.8 Å². The molecule has 2 saturated heterocycles. The van der Waals surface area contributed by atoms with Gasteiger partial charge in [0, 0.05) is 37.6 Å². The molecule has 3 heterocycles. The number of hydrogen-bond acceptors (Lipinski definition) is 3. The molecule has 0 aliphatic carbocycles. The van der Waals surface area contributed by atoms with Gasteiger partial charge in [0.15, 0.2) is 5.82 Å². The number of rotatable bonds is 1. The minimum absolute atomic E-state index is 0.0666. The number of nitrogens with zero attached hydrogens (tertiary/aromatic N) is 3. The largest absolute Gasteiger partial charge is 0.330 e. The van der Waals surface area contributed by atoms with Gasteiger partial charge in [-0.25, -0.2) is 4.98 Å². The predicted octanol–water partition coefficient (Wildman–Crippen LogP) is 0.514. The lowest BCUT2D eigenvalue weighted by molar-refractivity contribution is 0.0559. The molecule has 2 bridgehead atoms. The molecule has 1 aromatic heterocycles. The van der Waals surface area contributed by atoms with Gasteiger partial charge in [0.2, 0.25) is 0 Å². The summed E-state index contributed by atoms with van der Waals surface area (Å²) >= 11 is 0. The van der Waals surface area contributed by atoms with E-state index in [0.717, 1.165) is 25.7 Å². The Labute approximate surface area is 101 Å². The summed E-state index contributed by atoms with van der Waals surface area (Å²) in [5.41, 5.74) is 6.01. The summed E-state index contributed by atoms with van der Waals surface area (Å²) < 4.78 is 1.79. The van der Waals surface area contributed by atoms with Crippen LogP contribution in [0.25, 0.3) is 0 Å². The fourth-order valence-electron chi connectivity index (χ4n) is 3.24. The summed E-state index contributed by atoms with van der Waals surface area (Å²) in [6, 6.07) is 0.916. The third-order valence-electron chi connectivity index (χ3n) is 4.02. The maximum absolute atomic E-state index is 12.5. The van der Waals surface area contributed by atoms with Crippen molar-refractivity contribution in [3.63, 3.8) is 0 Å². The number of aromatic nitrogens is 2. The highest BCUT2D eigenvalue weighted by Gasteiger charge is 2.43. The number of imidazole rings is 1. The van der Waals surface area contributed by atoms with Gasteiger partial charge < -0.3 is 15.2 Å². The van der Waals surface area contributed by atoms with Crippen LogP contribution in [-0.4, -0.2) is 38.5 Å². The van der Waals surface area contributed by atoms with Crippen molar-refractivity contribution in [1.82, 2.24) is 14.5 Å². The van der Waals surface area contributed by atoms with Crippen molar-refractivity contribution in [2.24, 2.45) is 12.8 Å². The van der Waals surface area contributed by atoms with E-state index >= 15 is 0 Å². The van der Waals surface area contributed by atoms with Crippen molar-refractivity contribution in [2.75, 3.05) is 0 Å². The fraction of sp³-hybridized carbons (Fsp3) is 0.667. The standard InChI is InChI=1S/C12H18N4O/c1-15-5-4-14-11(15)12(17)16-9-2-3-10(16)7-8(13)6-9/h4-5,8-10H,2-3,6-7,13H2,1H3. The van der Waals surface area contributed by atoms with Crippen LogP contribution in [-0.2, 0) is 7.05 Å². The van der Waals surface area contributed by atoms with Crippen LogP contribution in [0.4, 0.5) is 0 Å². The molecule has 2 atom stereocenters. The zero-order valence-electron chi connectivity index (χ0n) is 10.0. The number of fused-ring (bicyclic) bond motifs is 2. The Morgan fingerprint density at radius 2 is 2.06 bits per heavy atom. The van der Waals surface area contributed by atoms with Crippen molar-refractivity contribution in [2.45, 2.75) is 43.8 Å². The van der Waals surface area contributed by atoms with Crippen LogP contribution < -0.4 is 5.73 Å². The molecular weight excluding hydrogens is 216 g/mol. The minimum atomic E-state index is 0.0666. The first-order valence-electron chi connectivity index (χ1n) is 6.22. The van der Waals surface area contributed by atoms with Crippen LogP contribution in [0, 0.1) is 0 Å². The van der Waals surface area contributed by atoms with Crippen LogP contribution in [0.15, 0.2) is 12.4 Å². The maximum atomic E-state index is 12.5. The average molecular weight is 234 g/mol. The molecule has 2 unspecified atom stereocenters. The van der Waals surface area contributed by atoms with Crippen LogP contribution in [0.3, 0.4) is 0 Å². The number of amides is 1. The van der Waals surface area contributed by atoms with Crippen LogP contribution in [0.5, 0.6) is 0 Å². The summed E-state index contributed by atoms with van der Waals surface area (Å²) in [7, 11) is 1.86. The Balaban J connectivity index is 1.86. The van der Waals surface area contributed by atoms with Gasteiger partial charge in [-0.1, -0.05) is 0 Å². The first-order valence-corrected chi connectivity index (χ1v) is 6.22. The van der Waals surface area contributed by atoms with E-state index in [2.05, 4.69) is 4.98 Å². The molecule has 0 aromatic carbocycles. The normalized spacial score (nSPS) is 31.9. The van der Waals surface area contributed by atoms with Gasteiger partial charge in [0.05, 0.1) is 0 Å². The smallest absolute Gasteiger partial charge is 0.290 e. The molecule has 92 valence electrons. The minimum Gasteiger partial charge on any atom is -0.330 e. The van der Waals surface area contributed by atoms with E-state index in [0.29, 0.717) is 17.9 Å². The first-order chi connectivity index (χ1) is 8.16. The Hall–Kier alpha value is -1.36. The summed E-state index contributed by atoms with van der Waals surface area (Å²) in [6.45, 7) is 0. The average Bonchev–Trinajstić information content (AvgIpc) is 2.81. The lowest BCUT2D eigenvalue weighted by Crippen LogP contribution is -2.50. The maximum Gasteiger partial charge on any atom is 0.290 e. The van der Waals surface area contributed by atoms with Gasteiger partial charge in [0.1, 0.15) is 0 Å².